The summed E-state index contributed by atoms with van der Waals surface area (Å²) in [5, 5.41) is 2.77. The van der Waals surface area contributed by atoms with Crippen molar-refractivity contribution in [1.82, 2.24) is 0 Å². The fourth-order valence-electron chi connectivity index (χ4n) is 2.96. The molecule has 7 nitrogen and oxygen atoms in total. The van der Waals surface area contributed by atoms with Gasteiger partial charge in [0.1, 0.15) is 11.5 Å². The maximum absolute atomic E-state index is 12.8. The normalized spacial score (nSPS) is 11.0. The first-order valence-electron chi connectivity index (χ1n) is 10.0. The van der Waals surface area contributed by atoms with Crippen LogP contribution in [0.5, 0.6) is 11.5 Å². The summed E-state index contributed by atoms with van der Waals surface area (Å²) in [6.07, 6.45) is 0.133. The lowest BCUT2D eigenvalue weighted by Gasteiger charge is -2.13. The highest BCUT2D eigenvalue weighted by Crippen LogP contribution is 2.24. The standard InChI is InChI=1S/C24H26N2O5S/c1-17-5-4-6-21(15-17)31-14-13-24(27)25-23-16-22(12-7-18(23)2)32(28,29)26-19-8-10-20(30-3)11-9-19/h4-12,15-16,26H,13-14H2,1-3H3,(H,25,27). The summed E-state index contributed by atoms with van der Waals surface area (Å²) in [6.45, 7) is 3.98. The third-order valence-corrected chi connectivity index (χ3v) is 6.10. The molecule has 3 rings (SSSR count). The van der Waals surface area contributed by atoms with Gasteiger partial charge in [-0.05, 0) is 73.5 Å². The summed E-state index contributed by atoms with van der Waals surface area (Å²) < 4.78 is 38.8. The average molecular weight is 455 g/mol. The fourth-order valence-corrected chi connectivity index (χ4v) is 4.04. The van der Waals surface area contributed by atoms with E-state index in [1.807, 2.05) is 31.2 Å². The molecule has 0 fully saturated rings. The molecule has 8 heteroatoms. The van der Waals surface area contributed by atoms with Gasteiger partial charge in [0.25, 0.3) is 10.0 Å². The number of sulfonamides is 1. The van der Waals surface area contributed by atoms with E-state index in [2.05, 4.69) is 10.0 Å². The second-order valence-corrected chi connectivity index (χ2v) is 8.96. The van der Waals surface area contributed by atoms with Crippen molar-refractivity contribution in [3.05, 3.63) is 77.9 Å². The van der Waals surface area contributed by atoms with Gasteiger partial charge in [0.15, 0.2) is 0 Å². The zero-order valence-electron chi connectivity index (χ0n) is 18.2. The van der Waals surface area contributed by atoms with Crippen molar-refractivity contribution < 1.29 is 22.7 Å². The molecule has 0 atom stereocenters. The molecule has 32 heavy (non-hydrogen) atoms. The van der Waals surface area contributed by atoms with Gasteiger partial charge in [0.2, 0.25) is 5.91 Å². The van der Waals surface area contributed by atoms with Crippen molar-refractivity contribution in [1.29, 1.82) is 0 Å². The molecule has 0 saturated heterocycles. The summed E-state index contributed by atoms with van der Waals surface area (Å²) in [7, 11) is -2.29. The highest BCUT2D eigenvalue weighted by Gasteiger charge is 2.17. The predicted molar refractivity (Wildman–Crippen MR) is 125 cm³/mol. The third kappa shape index (κ3) is 6.24. The Balaban J connectivity index is 1.64. The lowest BCUT2D eigenvalue weighted by atomic mass is 10.2. The van der Waals surface area contributed by atoms with Gasteiger partial charge in [-0.2, -0.15) is 0 Å². The Morgan fingerprint density at radius 2 is 1.69 bits per heavy atom. The van der Waals surface area contributed by atoms with Crippen LogP contribution in [0.4, 0.5) is 11.4 Å². The van der Waals surface area contributed by atoms with E-state index in [1.165, 1.54) is 19.2 Å². The number of anilines is 2. The van der Waals surface area contributed by atoms with Crippen LogP contribution >= 0.6 is 0 Å². The molecular weight excluding hydrogens is 428 g/mol. The summed E-state index contributed by atoms with van der Waals surface area (Å²) in [5.74, 6) is 1.06. The molecule has 0 saturated carbocycles. The maximum atomic E-state index is 12.8. The SMILES string of the molecule is COc1ccc(NS(=O)(=O)c2ccc(C)c(NC(=O)CCOc3cccc(C)c3)c2)cc1. The number of nitrogens with one attached hydrogen (secondary N) is 2. The number of methoxy groups -OCH3 is 1. The summed E-state index contributed by atoms with van der Waals surface area (Å²) in [6, 6.07) is 18.7. The Morgan fingerprint density at radius 1 is 0.938 bits per heavy atom. The lowest BCUT2D eigenvalue weighted by Crippen LogP contribution is -2.17. The molecule has 0 radical (unpaired) electrons. The molecule has 3 aromatic rings. The van der Waals surface area contributed by atoms with Gasteiger partial charge in [-0.25, -0.2) is 8.42 Å². The Hall–Kier alpha value is -3.52. The van der Waals surface area contributed by atoms with E-state index >= 15 is 0 Å². The van der Waals surface area contributed by atoms with Crippen molar-refractivity contribution in [2.75, 3.05) is 23.8 Å². The molecule has 0 unspecified atom stereocenters. The van der Waals surface area contributed by atoms with Gasteiger partial charge in [-0.1, -0.05) is 18.2 Å². The molecule has 2 N–H and O–H groups in total. The van der Waals surface area contributed by atoms with Crippen LogP contribution in [0.3, 0.4) is 0 Å². The van der Waals surface area contributed by atoms with E-state index in [0.29, 0.717) is 22.9 Å². The quantitative estimate of drug-likeness (QED) is 0.496. The van der Waals surface area contributed by atoms with Gasteiger partial charge >= 0.3 is 0 Å². The predicted octanol–water partition coefficient (Wildman–Crippen LogP) is 4.52. The average Bonchev–Trinajstić information content (AvgIpc) is 2.75. The number of amides is 1. The van der Waals surface area contributed by atoms with Crippen LogP contribution in [0.15, 0.2) is 71.6 Å². The van der Waals surface area contributed by atoms with E-state index in [1.54, 1.807) is 37.3 Å². The number of carbonyl (C=O) groups excluding carboxylic acids is 1. The smallest absolute Gasteiger partial charge is 0.261 e. The van der Waals surface area contributed by atoms with Crippen LogP contribution in [0.2, 0.25) is 0 Å². The maximum Gasteiger partial charge on any atom is 0.261 e. The van der Waals surface area contributed by atoms with Crippen LogP contribution < -0.4 is 19.5 Å². The number of rotatable bonds is 9. The Morgan fingerprint density at radius 3 is 2.38 bits per heavy atom. The molecule has 1 amide bonds. The molecule has 0 aliphatic carbocycles. The second kappa shape index (κ2) is 10.2. The number of hydrogen-bond donors (Lipinski definition) is 2. The number of carbonyl (C=O) groups is 1. The zero-order valence-corrected chi connectivity index (χ0v) is 19.0. The number of aryl methyl sites for hydroxylation is 2. The second-order valence-electron chi connectivity index (χ2n) is 7.27. The van der Waals surface area contributed by atoms with E-state index in [0.717, 1.165) is 11.1 Å². The molecule has 168 valence electrons. The first-order chi connectivity index (χ1) is 15.3. The van der Waals surface area contributed by atoms with Crippen LogP contribution in [-0.4, -0.2) is 28.0 Å². The van der Waals surface area contributed by atoms with Crippen LogP contribution in [0, 0.1) is 13.8 Å². The number of benzene rings is 3. The molecule has 0 aliphatic rings. The van der Waals surface area contributed by atoms with Crippen molar-refractivity contribution in [2.24, 2.45) is 0 Å². The van der Waals surface area contributed by atoms with E-state index < -0.39 is 10.0 Å². The van der Waals surface area contributed by atoms with Crippen molar-refractivity contribution in [3.63, 3.8) is 0 Å². The largest absolute Gasteiger partial charge is 0.497 e. The van der Waals surface area contributed by atoms with Gasteiger partial charge in [0.05, 0.1) is 25.0 Å². The molecule has 0 bridgehead atoms. The van der Waals surface area contributed by atoms with Crippen molar-refractivity contribution in [2.45, 2.75) is 25.2 Å². The summed E-state index contributed by atoms with van der Waals surface area (Å²) >= 11 is 0. The van der Waals surface area contributed by atoms with Crippen LogP contribution in [-0.2, 0) is 14.8 Å². The Kier molecular flexibility index (Phi) is 7.37. The van der Waals surface area contributed by atoms with E-state index in [9.17, 15) is 13.2 Å². The third-order valence-electron chi connectivity index (χ3n) is 4.72. The lowest BCUT2D eigenvalue weighted by molar-refractivity contribution is -0.116. The summed E-state index contributed by atoms with van der Waals surface area (Å²) in [4.78, 5) is 12.4. The highest BCUT2D eigenvalue weighted by atomic mass is 32.2. The van der Waals surface area contributed by atoms with Gasteiger partial charge in [0, 0.05) is 11.4 Å². The first-order valence-corrected chi connectivity index (χ1v) is 11.5. The Labute approximate surface area is 188 Å². The molecule has 0 heterocycles. The topological polar surface area (TPSA) is 93.7 Å². The fraction of sp³-hybridized carbons (Fsp3) is 0.208. The van der Waals surface area contributed by atoms with Gasteiger partial charge < -0.3 is 14.8 Å². The van der Waals surface area contributed by atoms with Crippen LogP contribution in [0.1, 0.15) is 17.5 Å². The molecule has 3 aromatic carbocycles. The minimum Gasteiger partial charge on any atom is -0.497 e. The number of ether oxygens (including phenoxy) is 2. The Bertz CT molecular complexity index is 1190. The molecule has 0 aliphatic heterocycles. The number of hydrogen-bond acceptors (Lipinski definition) is 5. The minimum absolute atomic E-state index is 0.0465. The zero-order chi connectivity index (χ0) is 23.1. The molecule has 0 aromatic heterocycles. The van der Waals surface area contributed by atoms with Crippen molar-refractivity contribution in [3.8, 4) is 11.5 Å². The van der Waals surface area contributed by atoms with Gasteiger partial charge in [-0.3, -0.25) is 9.52 Å². The molecular formula is C24H26N2O5S. The minimum atomic E-state index is -3.83. The van der Waals surface area contributed by atoms with E-state index in [-0.39, 0.29) is 23.8 Å². The first kappa shape index (κ1) is 23.1. The molecule has 0 spiro atoms. The monoisotopic (exact) mass is 454 g/mol. The van der Waals surface area contributed by atoms with Gasteiger partial charge in [-0.15, -0.1) is 0 Å². The highest BCUT2D eigenvalue weighted by molar-refractivity contribution is 7.92. The van der Waals surface area contributed by atoms with Crippen molar-refractivity contribution >= 4 is 27.3 Å². The van der Waals surface area contributed by atoms with Crippen LogP contribution in [0.25, 0.3) is 0 Å². The summed E-state index contributed by atoms with van der Waals surface area (Å²) in [5.41, 5.74) is 2.67. The van der Waals surface area contributed by atoms with E-state index in [4.69, 9.17) is 9.47 Å².